The predicted octanol–water partition coefficient (Wildman–Crippen LogP) is 2.47. The molecule has 0 saturated carbocycles. The van der Waals surface area contributed by atoms with Gasteiger partial charge in [0.2, 0.25) is 5.91 Å². The van der Waals surface area contributed by atoms with E-state index in [4.69, 9.17) is 4.74 Å². The summed E-state index contributed by atoms with van der Waals surface area (Å²) in [7, 11) is 0. The van der Waals surface area contributed by atoms with Gasteiger partial charge >= 0.3 is 0 Å². The Bertz CT molecular complexity index is 1030. The molecule has 6 nitrogen and oxygen atoms in total. The maximum Gasteiger partial charge on any atom is 0.275 e. The molecule has 1 aliphatic rings. The summed E-state index contributed by atoms with van der Waals surface area (Å²) in [6.45, 7) is 1.64. The number of ether oxygens (including phenoxy) is 1. The molecule has 1 fully saturated rings. The van der Waals surface area contributed by atoms with Crippen molar-refractivity contribution in [2.24, 2.45) is 0 Å². The number of carbonyl (C=O) groups is 1. The largest absolute Gasteiger partial charge is 0.376 e. The molecule has 3 aromatic rings. The van der Waals surface area contributed by atoms with Gasteiger partial charge in [0.1, 0.15) is 11.3 Å². The summed E-state index contributed by atoms with van der Waals surface area (Å²) in [5, 5.41) is 2.88. The Kier molecular flexibility index (Phi) is 4.94. The third-order valence-electron chi connectivity index (χ3n) is 5.04. The maximum atomic E-state index is 13.8. The van der Waals surface area contributed by atoms with Gasteiger partial charge in [-0.1, -0.05) is 0 Å². The van der Waals surface area contributed by atoms with Crippen molar-refractivity contribution in [3.05, 3.63) is 52.7 Å². The lowest BCUT2D eigenvalue weighted by Crippen LogP contribution is -2.32. The van der Waals surface area contributed by atoms with Crippen LogP contribution in [0.5, 0.6) is 0 Å². The van der Waals surface area contributed by atoms with Crippen molar-refractivity contribution in [1.82, 2.24) is 14.3 Å². The van der Waals surface area contributed by atoms with Gasteiger partial charge in [-0.05, 0) is 49.6 Å². The number of hydrogen-bond donors (Lipinski definition) is 1. The zero-order valence-electron chi connectivity index (χ0n) is 15.0. The fraction of sp³-hybridized carbons (Fsp3) is 0.400. The second-order valence-corrected chi connectivity index (χ2v) is 6.90. The number of halogens is 1. The highest BCUT2D eigenvalue weighted by atomic mass is 19.1. The molecule has 0 spiro atoms. The summed E-state index contributed by atoms with van der Waals surface area (Å²) >= 11 is 0. The first kappa shape index (κ1) is 17.7. The second kappa shape index (κ2) is 7.52. The van der Waals surface area contributed by atoms with E-state index in [2.05, 4.69) is 5.32 Å². The van der Waals surface area contributed by atoms with Crippen molar-refractivity contribution < 1.29 is 13.9 Å². The van der Waals surface area contributed by atoms with Crippen LogP contribution in [0.1, 0.15) is 25.7 Å². The highest BCUT2D eigenvalue weighted by Crippen LogP contribution is 2.17. The summed E-state index contributed by atoms with van der Waals surface area (Å²) in [6, 6.07) is 7.96. The molecule has 0 aliphatic carbocycles. The third-order valence-corrected chi connectivity index (χ3v) is 5.04. The van der Waals surface area contributed by atoms with E-state index in [1.165, 1.54) is 12.1 Å². The van der Waals surface area contributed by atoms with E-state index in [1.807, 2.05) is 0 Å². The molecular weight excluding hydrogens is 349 g/mol. The van der Waals surface area contributed by atoms with Gasteiger partial charge in [-0.25, -0.2) is 4.39 Å². The Labute approximate surface area is 155 Å². The Balaban J connectivity index is 1.49. The Morgan fingerprint density at radius 1 is 1.26 bits per heavy atom. The number of aromatic nitrogens is 2. The van der Waals surface area contributed by atoms with E-state index in [-0.39, 0.29) is 17.6 Å². The molecule has 7 heteroatoms. The smallest absolute Gasteiger partial charge is 0.275 e. The molecule has 1 aromatic carbocycles. The number of nitrogens with zero attached hydrogens (tertiary/aromatic N) is 2. The number of hydrogen-bond acceptors (Lipinski definition) is 3. The average Bonchev–Trinajstić information content (AvgIpc) is 3.34. The van der Waals surface area contributed by atoms with Gasteiger partial charge in [0, 0.05) is 32.3 Å². The minimum atomic E-state index is -0.392. The van der Waals surface area contributed by atoms with Crippen LogP contribution >= 0.6 is 0 Å². The van der Waals surface area contributed by atoms with E-state index in [1.54, 1.807) is 33.4 Å². The Hall–Kier alpha value is -2.67. The van der Waals surface area contributed by atoms with Crippen LogP contribution < -0.4 is 10.9 Å². The second-order valence-electron chi connectivity index (χ2n) is 6.90. The average molecular weight is 371 g/mol. The van der Waals surface area contributed by atoms with E-state index in [9.17, 15) is 14.0 Å². The first-order valence-corrected chi connectivity index (χ1v) is 9.31. The van der Waals surface area contributed by atoms with Crippen LogP contribution in [0.2, 0.25) is 0 Å². The quantitative estimate of drug-likeness (QED) is 0.724. The number of benzene rings is 1. The van der Waals surface area contributed by atoms with Crippen LogP contribution in [0.15, 0.2) is 41.3 Å². The molecule has 142 valence electrons. The highest BCUT2D eigenvalue weighted by Gasteiger charge is 2.16. The van der Waals surface area contributed by atoms with Gasteiger partial charge in [-0.3, -0.25) is 9.59 Å². The number of carbonyl (C=O) groups excluding carboxylic acids is 1. The molecule has 1 aliphatic heterocycles. The topological polar surface area (TPSA) is 64.7 Å². The predicted molar refractivity (Wildman–Crippen MR) is 100 cm³/mol. The lowest BCUT2D eigenvalue weighted by Gasteiger charge is -2.13. The molecule has 1 saturated heterocycles. The molecule has 1 atom stereocenters. The van der Waals surface area contributed by atoms with Gasteiger partial charge in [-0.15, -0.1) is 0 Å². The zero-order chi connectivity index (χ0) is 18.8. The number of fused-ring (bicyclic) bond motifs is 3. The molecule has 1 N–H and O–H groups in total. The van der Waals surface area contributed by atoms with Crippen LogP contribution in [0, 0.1) is 5.82 Å². The standard InChI is InChI=1S/C20H22FN3O3/c21-14-7-8-16-18(12-14)24(20(26)17-5-1-9-23(16)17)10-2-6-19(25)22-13-15-4-3-11-27-15/h1,5,7-9,12,15H,2-4,6,10-11,13H2,(H,22,25). The minimum absolute atomic E-state index is 0.0576. The normalized spacial score (nSPS) is 17.0. The molecule has 4 rings (SSSR count). The van der Waals surface area contributed by atoms with Crippen LogP contribution in [-0.4, -0.2) is 34.1 Å². The van der Waals surface area contributed by atoms with Crippen molar-refractivity contribution in [3.8, 4) is 0 Å². The summed E-state index contributed by atoms with van der Waals surface area (Å²) < 4.78 is 22.6. The van der Waals surface area contributed by atoms with Gasteiger partial charge in [-0.2, -0.15) is 0 Å². The molecule has 1 unspecified atom stereocenters. The summed E-state index contributed by atoms with van der Waals surface area (Å²) in [5.74, 6) is -0.450. The van der Waals surface area contributed by atoms with E-state index >= 15 is 0 Å². The molecular formula is C20H22FN3O3. The molecule has 0 bridgehead atoms. The number of rotatable bonds is 6. The van der Waals surface area contributed by atoms with Crippen molar-refractivity contribution in [3.63, 3.8) is 0 Å². The van der Waals surface area contributed by atoms with Crippen molar-refractivity contribution >= 4 is 22.5 Å². The van der Waals surface area contributed by atoms with Gasteiger partial charge < -0.3 is 19.0 Å². The zero-order valence-corrected chi connectivity index (χ0v) is 15.0. The lowest BCUT2D eigenvalue weighted by molar-refractivity contribution is -0.121. The van der Waals surface area contributed by atoms with Gasteiger partial charge in [0.05, 0.1) is 17.1 Å². The van der Waals surface area contributed by atoms with Crippen LogP contribution in [-0.2, 0) is 16.1 Å². The summed E-state index contributed by atoms with van der Waals surface area (Å²) in [5.41, 5.74) is 1.65. The number of amides is 1. The van der Waals surface area contributed by atoms with Crippen LogP contribution in [0.25, 0.3) is 16.6 Å². The first-order chi connectivity index (χ1) is 13.1. The number of aryl methyl sites for hydroxylation is 1. The first-order valence-electron chi connectivity index (χ1n) is 9.31. The van der Waals surface area contributed by atoms with E-state index < -0.39 is 5.82 Å². The maximum absolute atomic E-state index is 13.8. The molecule has 0 radical (unpaired) electrons. The van der Waals surface area contributed by atoms with Crippen LogP contribution in [0.4, 0.5) is 4.39 Å². The Morgan fingerprint density at radius 3 is 2.96 bits per heavy atom. The Morgan fingerprint density at radius 2 is 2.15 bits per heavy atom. The van der Waals surface area contributed by atoms with E-state index in [0.29, 0.717) is 37.0 Å². The molecule has 3 heterocycles. The fourth-order valence-corrected chi connectivity index (χ4v) is 3.67. The highest BCUT2D eigenvalue weighted by molar-refractivity contribution is 5.79. The fourth-order valence-electron chi connectivity index (χ4n) is 3.67. The molecule has 2 aromatic heterocycles. The van der Waals surface area contributed by atoms with Gasteiger partial charge in [0.25, 0.3) is 5.56 Å². The van der Waals surface area contributed by atoms with Crippen molar-refractivity contribution in [2.75, 3.05) is 13.2 Å². The lowest BCUT2D eigenvalue weighted by atomic mass is 10.2. The minimum Gasteiger partial charge on any atom is -0.376 e. The van der Waals surface area contributed by atoms with Crippen molar-refractivity contribution in [2.45, 2.75) is 38.3 Å². The summed E-state index contributed by atoms with van der Waals surface area (Å²) in [6.07, 6.45) is 4.72. The summed E-state index contributed by atoms with van der Waals surface area (Å²) in [4.78, 5) is 24.8. The number of nitrogens with one attached hydrogen (secondary N) is 1. The monoisotopic (exact) mass is 371 g/mol. The molecule has 1 amide bonds. The molecule has 27 heavy (non-hydrogen) atoms. The van der Waals surface area contributed by atoms with Crippen LogP contribution in [0.3, 0.4) is 0 Å². The third kappa shape index (κ3) is 3.60. The SMILES string of the molecule is O=C(CCCn1c(=O)c2cccn2c2ccc(F)cc21)NCC1CCCO1. The van der Waals surface area contributed by atoms with Gasteiger partial charge in [0.15, 0.2) is 0 Å². The van der Waals surface area contributed by atoms with E-state index in [0.717, 1.165) is 25.0 Å². The van der Waals surface area contributed by atoms with Crippen molar-refractivity contribution in [1.29, 1.82) is 0 Å².